The van der Waals surface area contributed by atoms with Crippen molar-refractivity contribution in [3.8, 4) is 5.75 Å². The number of nitrogens with zero attached hydrogens (tertiary/aromatic N) is 2. The number of amides is 1. The van der Waals surface area contributed by atoms with Crippen LogP contribution in [-0.2, 0) is 4.79 Å². The number of thiocarbonyl (C=S) groups is 1. The Morgan fingerprint density at radius 1 is 1.15 bits per heavy atom. The van der Waals surface area contributed by atoms with Crippen LogP contribution in [0.25, 0.3) is 0 Å². The van der Waals surface area contributed by atoms with Gasteiger partial charge in [0.05, 0.1) is 19.0 Å². The van der Waals surface area contributed by atoms with Crippen LogP contribution in [0.2, 0.25) is 10.1 Å². The Balaban J connectivity index is 2.17. The first-order valence-electron chi connectivity index (χ1n) is 10.7. The monoisotopic (exact) mass is 491 g/mol. The van der Waals surface area contributed by atoms with Gasteiger partial charge in [0, 0.05) is 23.6 Å². The topological polar surface area (TPSA) is 88.2 Å². The molecule has 7 nitrogen and oxygen atoms in total. The zero-order valence-corrected chi connectivity index (χ0v) is 22.4. The molecular formula is C23H34FN5O2SSi. The molecule has 1 atom stereocenters. The lowest BCUT2D eigenvalue weighted by Crippen LogP contribution is -2.58. The van der Waals surface area contributed by atoms with Crippen molar-refractivity contribution >= 4 is 48.3 Å². The van der Waals surface area contributed by atoms with Crippen LogP contribution in [0, 0.1) is 0 Å². The summed E-state index contributed by atoms with van der Waals surface area (Å²) in [5.41, 5.74) is 0.591. The molecule has 0 bridgehead atoms. The highest BCUT2D eigenvalue weighted by Gasteiger charge is 2.58. The van der Waals surface area contributed by atoms with Crippen LogP contribution in [-0.4, -0.2) is 42.5 Å². The molecule has 0 saturated carbocycles. The van der Waals surface area contributed by atoms with Crippen LogP contribution < -0.4 is 25.9 Å². The van der Waals surface area contributed by atoms with Gasteiger partial charge in [-0.25, -0.2) is 4.98 Å². The fourth-order valence-corrected chi connectivity index (χ4v) is 8.87. The van der Waals surface area contributed by atoms with Crippen molar-refractivity contribution in [3.05, 3.63) is 36.8 Å². The normalized spacial score (nSPS) is 13.1. The summed E-state index contributed by atoms with van der Waals surface area (Å²) < 4.78 is 22.3. The number of carbonyl (C=O) groups is 1. The number of halogens is 1. The number of pyridine rings is 2. The maximum Gasteiger partial charge on any atom is 0.293 e. The molecule has 0 fully saturated rings. The lowest BCUT2D eigenvalue weighted by molar-refractivity contribution is -0.117. The summed E-state index contributed by atoms with van der Waals surface area (Å²) in [5.74, 6) is 0.556. The zero-order chi connectivity index (χ0) is 25.0. The Bertz CT molecular complexity index is 979. The Kier molecular flexibility index (Phi) is 8.18. The Morgan fingerprint density at radius 2 is 1.79 bits per heavy atom. The minimum Gasteiger partial charge on any atom is -0.497 e. The number of hydrogen-bond acceptors (Lipinski definition) is 5. The molecule has 2 rings (SSSR count). The molecule has 1 amide bonds. The standard InChI is InChI=1S/C23H34FN5O2SSi/c1-15(20(30)28-16-10-9-11-25-13-16)27-21(32)29-19-12-17(31-8)18(14-26-19)33(24,22(2,3)4)23(5,6)7/h9-15H,1-8H3,(H,28,30)(H2,26,27,29,32). The first kappa shape index (κ1) is 26.7. The molecule has 0 saturated heterocycles. The van der Waals surface area contributed by atoms with Gasteiger partial charge in [-0.3, -0.25) is 9.78 Å². The summed E-state index contributed by atoms with van der Waals surface area (Å²) in [6.07, 6.45) is 4.73. The van der Waals surface area contributed by atoms with Gasteiger partial charge in [-0.05, 0) is 41.4 Å². The summed E-state index contributed by atoms with van der Waals surface area (Å²) in [6, 6.07) is 4.51. The predicted molar refractivity (Wildman–Crippen MR) is 138 cm³/mol. The third-order valence-electron chi connectivity index (χ3n) is 5.44. The summed E-state index contributed by atoms with van der Waals surface area (Å²) in [5, 5.41) is 8.22. The zero-order valence-electron chi connectivity index (χ0n) is 20.5. The smallest absolute Gasteiger partial charge is 0.293 e. The molecule has 2 aromatic rings. The Morgan fingerprint density at radius 3 is 2.30 bits per heavy atom. The lowest BCUT2D eigenvalue weighted by atomic mass is 10.2. The third-order valence-corrected chi connectivity index (χ3v) is 10.9. The van der Waals surface area contributed by atoms with Gasteiger partial charge in [-0.15, -0.1) is 0 Å². The highest BCUT2D eigenvalue weighted by atomic mass is 32.1. The number of aromatic nitrogens is 2. The molecule has 0 aliphatic heterocycles. The Labute approximate surface area is 202 Å². The summed E-state index contributed by atoms with van der Waals surface area (Å²) >= 11 is 5.34. The second-order valence-corrected chi connectivity index (χ2v) is 15.2. The second kappa shape index (κ2) is 10.1. The molecular weight excluding hydrogens is 457 g/mol. The van der Waals surface area contributed by atoms with E-state index in [-0.39, 0.29) is 11.0 Å². The maximum atomic E-state index is 16.7. The highest BCUT2D eigenvalue weighted by Crippen LogP contribution is 2.52. The van der Waals surface area contributed by atoms with E-state index in [9.17, 15) is 4.79 Å². The lowest BCUT2D eigenvalue weighted by Gasteiger charge is -2.45. The molecule has 1 unspecified atom stereocenters. The van der Waals surface area contributed by atoms with Crippen molar-refractivity contribution in [2.75, 3.05) is 17.7 Å². The van der Waals surface area contributed by atoms with E-state index in [0.29, 0.717) is 22.4 Å². The van der Waals surface area contributed by atoms with Gasteiger partial charge in [0.2, 0.25) is 5.91 Å². The summed E-state index contributed by atoms with van der Waals surface area (Å²) in [7, 11) is -2.04. The van der Waals surface area contributed by atoms with E-state index in [2.05, 4.69) is 25.9 Å². The quantitative estimate of drug-likeness (QED) is 0.311. The van der Waals surface area contributed by atoms with E-state index < -0.39 is 24.5 Å². The van der Waals surface area contributed by atoms with Gasteiger partial charge in [-0.1, -0.05) is 41.5 Å². The second-order valence-electron chi connectivity index (χ2n) is 9.98. The van der Waals surface area contributed by atoms with E-state index in [1.165, 1.54) is 7.11 Å². The van der Waals surface area contributed by atoms with Crippen molar-refractivity contribution in [2.45, 2.75) is 64.6 Å². The van der Waals surface area contributed by atoms with Crippen LogP contribution in [0.1, 0.15) is 48.5 Å². The first-order chi connectivity index (χ1) is 15.2. The van der Waals surface area contributed by atoms with Crippen molar-refractivity contribution in [1.29, 1.82) is 0 Å². The van der Waals surface area contributed by atoms with Gasteiger partial charge in [0.15, 0.2) is 5.11 Å². The van der Waals surface area contributed by atoms with E-state index >= 15 is 4.11 Å². The fraction of sp³-hybridized carbons (Fsp3) is 0.478. The number of methoxy groups -OCH3 is 1. The maximum absolute atomic E-state index is 16.7. The predicted octanol–water partition coefficient (Wildman–Crippen LogP) is 4.52. The average molecular weight is 492 g/mol. The fourth-order valence-electron chi connectivity index (χ4n) is 3.97. The molecule has 0 radical (unpaired) electrons. The number of ether oxygens (including phenoxy) is 1. The Hall–Kier alpha value is -2.59. The number of nitrogens with one attached hydrogen (secondary N) is 3. The van der Waals surface area contributed by atoms with Gasteiger partial charge >= 0.3 is 0 Å². The average Bonchev–Trinajstić information content (AvgIpc) is 2.72. The van der Waals surface area contributed by atoms with Gasteiger partial charge in [0.25, 0.3) is 8.41 Å². The molecule has 0 aliphatic carbocycles. The molecule has 0 spiro atoms. The molecule has 0 aromatic carbocycles. The molecule has 2 aromatic heterocycles. The largest absolute Gasteiger partial charge is 0.497 e. The molecule has 10 heteroatoms. The van der Waals surface area contributed by atoms with E-state index in [1.54, 1.807) is 43.7 Å². The van der Waals surface area contributed by atoms with E-state index in [0.717, 1.165) is 0 Å². The summed E-state index contributed by atoms with van der Waals surface area (Å²) in [6.45, 7) is 13.2. The minimum absolute atomic E-state index is 0.210. The molecule has 0 aliphatic rings. The van der Waals surface area contributed by atoms with Crippen LogP contribution in [0.5, 0.6) is 5.75 Å². The van der Waals surface area contributed by atoms with Gasteiger partial charge in [0.1, 0.15) is 17.6 Å². The summed E-state index contributed by atoms with van der Waals surface area (Å²) in [4.78, 5) is 20.8. The van der Waals surface area contributed by atoms with Crippen LogP contribution in [0.15, 0.2) is 36.8 Å². The molecule has 180 valence electrons. The molecule has 33 heavy (non-hydrogen) atoms. The van der Waals surface area contributed by atoms with Crippen molar-refractivity contribution in [1.82, 2.24) is 15.3 Å². The van der Waals surface area contributed by atoms with E-state index in [1.807, 2.05) is 41.5 Å². The molecule has 3 N–H and O–H groups in total. The number of anilines is 2. The number of hydrogen-bond donors (Lipinski definition) is 3. The van der Waals surface area contributed by atoms with Gasteiger partial charge < -0.3 is 24.8 Å². The minimum atomic E-state index is -3.56. The van der Waals surface area contributed by atoms with Crippen LogP contribution >= 0.6 is 12.2 Å². The van der Waals surface area contributed by atoms with Crippen LogP contribution in [0.3, 0.4) is 0 Å². The van der Waals surface area contributed by atoms with Crippen molar-refractivity contribution in [2.24, 2.45) is 0 Å². The van der Waals surface area contributed by atoms with Crippen molar-refractivity contribution < 1.29 is 13.6 Å². The third kappa shape index (κ3) is 6.05. The highest BCUT2D eigenvalue weighted by molar-refractivity contribution is 7.80. The number of rotatable bonds is 6. The number of carbonyl (C=O) groups excluding carboxylic acids is 1. The SMILES string of the molecule is COc1cc(NC(=S)NC(C)C(=O)Nc2cccnc2)ncc1[Si](F)(C(C)(C)C)C(C)(C)C. The van der Waals surface area contributed by atoms with E-state index in [4.69, 9.17) is 17.0 Å². The van der Waals surface area contributed by atoms with Gasteiger partial charge in [-0.2, -0.15) is 0 Å². The first-order valence-corrected chi connectivity index (χ1v) is 13.0. The molecule has 2 heterocycles. The van der Waals surface area contributed by atoms with Crippen LogP contribution in [0.4, 0.5) is 15.6 Å². The van der Waals surface area contributed by atoms with Crippen molar-refractivity contribution in [3.63, 3.8) is 0 Å².